The lowest BCUT2D eigenvalue weighted by Gasteiger charge is -2.22. The van der Waals surface area contributed by atoms with Gasteiger partial charge in [0.25, 0.3) is 0 Å². The van der Waals surface area contributed by atoms with Crippen molar-refractivity contribution in [1.29, 1.82) is 0 Å². The lowest BCUT2D eigenvalue weighted by atomic mass is 9.81. The summed E-state index contributed by atoms with van der Waals surface area (Å²) in [6.45, 7) is 4.70. The molecule has 27 rings (SSSR count). The van der Waals surface area contributed by atoms with Gasteiger partial charge in [0.15, 0.2) is 0 Å². The standard InChI is InChI=1S/C52H34.C47H34.C40H26/c1-4-16-36(17-5-1)49-41-22-10-12-24-43(41)51(44-25-13-11-23-42(44)49)39-30-28-35(29-31-39)40-32-33-47-48(34-40)52(38-20-8-3-9-21-38)46-27-15-14-26-45(46)50(47)37-18-6-2-7-19-37;1-47(2)43-20-12-11-17-37(43)38-27-25-36(30-44(38)47)32-23-21-31(22-24-32)35-26-28-41-42(29-35)46(34-15-7-4-8-16-34)40-19-10-9-18-39(40)45(41)33-13-5-3-6-14-33;1-2-10-27(11-3-1)32-22-23-37-38(26-32)40(34-21-19-29-13-5-7-15-31(29)25-34)36-17-9-8-16-35(36)39(37)33-20-18-28-12-4-6-14-30(28)24-33/h1-34H;3-30H,1-2H3;1-26H. The van der Waals surface area contributed by atoms with E-state index in [0.29, 0.717) is 0 Å². The third-order valence-corrected chi connectivity index (χ3v) is 29.1. The second-order valence-corrected chi connectivity index (χ2v) is 37.4. The van der Waals surface area contributed by atoms with E-state index in [-0.39, 0.29) is 5.41 Å². The zero-order chi connectivity index (χ0) is 92.4. The Bertz CT molecular complexity index is 9200. The number of hydrogen-bond acceptors (Lipinski definition) is 0. The Morgan fingerprint density at radius 3 is 0.626 bits per heavy atom. The third kappa shape index (κ3) is 14.9. The Kier molecular flexibility index (Phi) is 21.1. The van der Waals surface area contributed by atoms with Crippen LogP contribution in [0.4, 0.5) is 0 Å². The molecule has 0 saturated carbocycles. The quantitative estimate of drug-likeness (QED) is 0.107. The van der Waals surface area contributed by atoms with Crippen LogP contribution in [0.25, 0.3) is 252 Å². The first-order valence-electron chi connectivity index (χ1n) is 48.4. The van der Waals surface area contributed by atoms with Crippen molar-refractivity contribution in [2.45, 2.75) is 19.3 Å². The van der Waals surface area contributed by atoms with Crippen molar-refractivity contribution in [3.8, 4) is 145 Å². The number of benzene rings is 26. The first-order chi connectivity index (χ1) is 68.7. The summed E-state index contributed by atoms with van der Waals surface area (Å²) in [6.07, 6.45) is 0. The molecule has 1 aliphatic carbocycles. The molecule has 0 unspecified atom stereocenters. The van der Waals surface area contributed by atoms with Crippen LogP contribution in [-0.4, -0.2) is 0 Å². The Labute approximate surface area is 810 Å². The van der Waals surface area contributed by atoms with E-state index >= 15 is 0 Å². The Morgan fingerprint density at radius 2 is 0.302 bits per heavy atom. The van der Waals surface area contributed by atoms with E-state index in [4.69, 9.17) is 0 Å². The van der Waals surface area contributed by atoms with Gasteiger partial charge in [0.05, 0.1) is 0 Å². The van der Waals surface area contributed by atoms with Gasteiger partial charge in [-0.25, -0.2) is 0 Å². The van der Waals surface area contributed by atoms with Gasteiger partial charge in [0.1, 0.15) is 0 Å². The molecule has 0 heterocycles. The third-order valence-electron chi connectivity index (χ3n) is 29.1. The van der Waals surface area contributed by atoms with Crippen LogP contribution in [-0.2, 0) is 5.41 Å². The maximum absolute atomic E-state index is 2.41. The fraction of sp³-hybridized carbons (Fsp3) is 0.0216. The molecule has 26 aromatic rings. The van der Waals surface area contributed by atoms with Crippen LogP contribution in [0.2, 0.25) is 0 Å². The van der Waals surface area contributed by atoms with Gasteiger partial charge in [-0.15, -0.1) is 0 Å². The predicted octanol–water partition coefficient (Wildman–Crippen LogP) is 38.9. The van der Waals surface area contributed by atoms with E-state index < -0.39 is 0 Å². The summed E-state index contributed by atoms with van der Waals surface area (Å²) in [7, 11) is 0. The average Bonchev–Trinajstić information content (AvgIpc) is 1.71. The summed E-state index contributed by atoms with van der Waals surface area (Å²) in [5, 5.41) is 25.4. The molecule has 0 amide bonds. The molecule has 0 bridgehead atoms. The van der Waals surface area contributed by atoms with Crippen molar-refractivity contribution in [3.05, 3.63) is 545 Å². The van der Waals surface area contributed by atoms with E-state index in [1.54, 1.807) is 0 Å². The van der Waals surface area contributed by atoms with Gasteiger partial charge >= 0.3 is 0 Å². The first kappa shape index (κ1) is 83.2. The lowest BCUT2D eigenvalue weighted by molar-refractivity contribution is 0.660. The van der Waals surface area contributed by atoms with Crippen LogP contribution in [0.5, 0.6) is 0 Å². The minimum absolute atomic E-state index is 0.00773. The highest BCUT2D eigenvalue weighted by molar-refractivity contribution is 6.27. The Balaban J connectivity index is 0.000000111. The summed E-state index contributed by atoms with van der Waals surface area (Å²) >= 11 is 0. The SMILES string of the molecule is CC1(C)c2ccccc2-c2ccc(-c3ccc(-c4ccc5c(-c6ccccc6)c6ccccc6c(-c6ccccc6)c5c4)cc3)cc21.c1ccc(-c2c3ccccc3c(-c3ccc(-c4ccc5c(-c6ccccc6)c6ccccc6c(-c6ccccc6)c5c4)cc3)c3ccccc23)cc1.c1ccc(-c2ccc3c(-c4ccc5ccccc5c4)c4ccccc4c(-c4ccc5ccccc5c4)c3c2)cc1. The van der Waals surface area contributed by atoms with Gasteiger partial charge in [-0.2, -0.15) is 0 Å². The molecule has 650 valence electrons. The average molecular weight is 1760 g/mol. The highest BCUT2D eigenvalue weighted by atomic mass is 14.4. The summed E-state index contributed by atoms with van der Waals surface area (Å²) < 4.78 is 0. The molecule has 0 nitrogen and oxygen atoms in total. The maximum Gasteiger partial charge on any atom is 0.0159 e. The van der Waals surface area contributed by atoms with Crippen LogP contribution in [0, 0.1) is 0 Å². The van der Waals surface area contributed by atoms with Crippen molar-refractivity contribution < 1.29 is 0 Å². The van der Waals surface area contributed by atoms with E-state index in [1.165, 1.54) is 264 Å². The van der Waals surface area contributed by atoms with E-state index in [9.17, 15) is 0 Å². The van der Waals surface area contributed by atoms with Gasteiger partial charge in [-0.3, -0.25) is 0 Å². The number of hydrogen-bond donors (Lipinski definition) is 0. The van der Waals surface area contributed by atoms with E-state index in [2.05, 4.69) is 548 Å². The molecule has 0 radical (unpaired) electrons. The molecule has 0 fully saturated rings. The van der Waals surface area contributed by atoms with E-state index in [0.717, 1.165) is 0 Å². The smallest absolute Gasteiger partial charge is 0.0159 e. The largest absolute Gasteiger partial charge is 0.0622 e. The van der Waals surface area contributed by atoms with Crippen LogP contribution < -0.4 is 0 Å². The zero-order valence-corrected chi connectivity index (χ0v) is 77.3. The normalized spacial score (nSPS) is 12.0. The number of fused-ring (bicyclic) bond motifs is 13. The second-order valence-electron chi connectivity index (χ2n) is 37.4. The number of rotatable bonds is 12. The zero-order valence-electron chi connectivity index (χ0n) is 77.3. The van der Waals surface area contributed by atoms with Crippen LogP contribution >= 0.6 is 0 Å². The molecule has 0 saturated heterocycles. The highest BCUT2D eigenvalue weighted by Crippen LogP contribution is 2.54. The Morgan fingerprint density at radius 1 is 0.108 bits per heavy atom. The molecule has 0 heteroatoms. The van der Waals surface area contributed by atoms with Crippen LogP contribution in [0.3, 0.4) is 0 Å². The van der Waals surface area contributed by atoms with Crippen molar-refractivity contribution in [2.75, 3.05) is 0 Å². The van der Waals surface area contributed by atoms with Crippen molar-refractivity contribution >= 4 is 108 Å². The first-order valence-corrected chi connectivity index (χ1v) is 48.4. The molecule has 139 heavy (non-hydrogen) atoms. The van der Waals surface area contributed by atoms with Crippen LogP contribution in [0.15, 0.2) is 534 Å². The molecule has 0 spiro atoms. The maximum atomic E-state index is 2.41. The molecule has 0 aromatic heterocycles. The fourth-order valence-corrected chi connectivity index (χ4v) is 22.6. The molecule has 26 aromatic carbocycles. The topological polar surface area (TPSA) is 0 Å². The van der Waals surface area contributed by atoms with Gasteiger partial charge in [0, 0.05) is 5.41 Å². The monoisotopic (exact) mass is 1760 g/mol. The minimum atomic E-state index is -0.00773. The molecule has 0 N–H and O–H groups in total. The van der Waals surface area contributed by atoms with Gasteiger partial charge in [-0.1, -0.05) is 511 Å². The summed E-state index contributed by atoms with van der Waals surface area (Å²) in [5.41, 5.74) is 35.6. The second kappa shape index (κ2) is 35.3. The Hall–Kier alpha value is -17.7. The summed E-state index contributed by atoms with van der Waals surface area (Å²) in [6, 6.07) is 196. The highest BCUT2D eigenvalue weighted by Gasteiger charge is 2.36. The molecular formula is C139H94. The molecule has 0 aliphatic heterocycles. The molecule has 0 atom stereocenters. The lowest BCUT2D eigenvalue weighted by Crippen LogP contribution is -2.14. The van der Waals surface area contributed by atoms with Crippen molar-refractivity contribution in [3.63, 3.8) is 0 Å². The molecular weight excluding hydrogens is 1670 g/mol. The summed E-state index contributed by atoms with van der Waals surface area (Å²) in [4.78, 5) is 0. The molecule has 1 aliphatic rings. The van der Waals surface area contributed by atoms with E-state index in [1.807, 2.05) is 0 Å². The van der Waals surface area contributed by atoms with Crippen molar-refractivity contribution in [2.24, 2.45) is 0 Å². The van der Waals surface area contributed by atoms with Gasteiger partial charge in [-0.05, 0) is 300 Å². The minimum Gasteiger partial charge on any atom is -0.0622 e. The predicted molar refractivity (Wildman–Crippen MR) is 597 cm³/mol. The van der Waals surface area contributed by atoms with Crippen LogP contribution in [0.1, 0.15) is 25.0 Å². The fourth-order valence-electron chi connectivity index (χ4n) is 22.6. The van der Waals surface area contributed by atoms with Gasteiger partial charge in [0.2, 0.25) is 0 Å². The summed E-state index contributed by atoms with van der Waals surface area (Å²) in [5.74, 6) is 0. The van der Waals surface area contributed by atoms with Gasteiger partial charge < -0.3 is 0 Å². The van der Waals surface area contributed by atoms with Crippen molar-refractivity contribution in [1.82, 2.24) is 0 Å².